The third kappa shape index (κ3) is 6.04. The van der Waals surface area contributed by atoms with Crippen molar-refractivity contribution in [2.24, 2.45) is 5.92 Å². The van der Waals surface area contributed by atoms with Gasteiger partial charge in [-0.05, 0) is 17.9 Å². The normalized spacial score (nSPS) is 12.3. The Labute approximate surface area is 72.3 Å². The lowest BCUT2D eigenvalue weighted by molar-refractivity contribution is 0.241. The molecule has 0 aliphatic heterocycles. The molecule has 0 radical (unpaired) electrons. The smallest absolute Gasteiger partial charge is 0.314 e. The molecule has 0 spiro atoms. The van der Waals surface area contributed by atoms with E-state index in [2.05, 4.69) is 23.8 Å². The van der Waals surface area contributed by atoms with Crippen molar-refractivity contribution in [1.29, 1.82) is 0 Å². The van der Waals surface area contributed by atoms with Crippen LogP contribution in [0.4, 0.5) is 4.79 Å². The Balaban J connectivity index is 3.29. The molecule has 3 nitrogen and oxygen atoms in total. The predicted octanol–water partition coefficient (Wildman–Crippen LogP) is 0.914. The average Bonchev–Trinajstić information content (AvgIpc) is 2.01. The van der Waals surface area contributed by atoms with Gasteiger partial charge in [0.05, 0.1) is 0 Å². The fraction of sp³-hybridized carbons (Fsp3) is 0.857. The highest BCUT2D eigenvalue weighted by Crippen LogP contribution is 2.01. The van der Waals surface area contributed by atoms with Gasteiger partial charge in [0.2, 0.25) is 0 Å². The second-order valence-electron chi connectivity index (χ2n) is 2.52. The van der Waals surface area contributed by atoms with Gasteiger partial charge in [-0.15, -0.1) is 0 Å². The highest BCUT2D eigenvalue weighted by molar-refractivity contribution is 7.98. The first-order valence-electron chi connectivity index (χ1n) is 3.65. The number of nitrogens with one attached hydrogen (secondary N) is 2. The highest BCUT2D eigenvalue weighted by atomic mass is 32.2. The molecule has 0 aromatic heterocycles. The van der Waals surface area contributed by atoms with Gasteiger partial charge in [0.1, 0.15) is 0 Å². The van der Waals surface area contributed by atoms with E-state index in [4.69, 9.17) is 0 Å². The molecule has 66 valence electrons. The summed E-state index contributed by atoms with van der Waals surface area (Å²) in [6.45, 7) is 2.87. The van der Waals surface area contributed by atoms with Gasteiger partial charge in [-0.2, -0.15) is 11.8 Å². The molecule has 0 heterocycles. The monoisotopic (exact) mass is 176 g/mol. The maximum Gasteiger partial charge on any atom is 0.314 e. The fourth-order valence-corrected chi connectivity index (χ4v) is 1.39. The van der Waals surface area contributed by atoms with Crippen molar-refractivity contribution >= 4 is 17.8 Å². The summed E-state index contributed by atoms with van der Waals surface area (Å²) in [5, 5.41) is 5.26. The number of urea groups is 1. The molecule has 0 rings (SSSR count). The van der Waals surface area contributed by atoms with Crippen molar-refractivity contribution in [3.8, 4) is 0 Å². The topological polar surface area (TPSA) is 41.1 Å². The number of hydrogen-bond donors (Lipinski definition) is 2. The van der Waals surface area contributed by atoms with Gasteiger partial charge < -0.3 is 10.6 Å². The molecule has 2 amide bonds. The molecule has 4 heteroatoms. The van der Waals surface area contributed by atoms with E-state index in [1.807, 2.05) is 0 Å². The average molecular weight is 176 g/mol. The van der Waals surface area contributed by atoms with Crippen LogP contribution in [0.2, 0.25) is 0 Å². The largest absolute Gasteiger partial charge is 0.341 e. The van der Waals surface area contributed by atoms with Gasteiger partial charge in [0.15, 0.2) is 0 Å². The van der Waals surface area contributed by atoms with Crippen LogP contribution >= 0.6 is 11.8 Å². The van der Waals surface area contributed by atoms with Crippen LogP contribution in [0.3, 0.4) is 0 Å². The predicted molar refractivity (Wildman–Crippen MR) is 50.0 cm³/mol. The van der Waals surface area contributed by atoms with Crippen LogP contribution in [0.5, 0.6) is 0 Å². The van der Waals surface area contributed by atoms with E-state index in [-0.39, 0.29) is 6.03 Å². The summed E-state index contributed by atoms with van der Waals surface area (Å²) >= 11 is 1.80. The lowest BCUT2D eigenvalue weighted by atomic mass is 10.2. The van der Waals surface area contributed by atoms with Crippen LogP contribution in [-0.2, 0) is 0 Å². The molecule has 0 aromatic carbocycles. The molecule has 1 atom stereocenters. The number of hydrogen-bond acceptors (Lipinski definition) is 2. The van der Waals surface area contributed by atoms with Gasteiger partial charge in [-0.1, -0.05) is 6.92 Å². The molecule has 0 saturated heterocycles. The Morgan fingerprint density at radius 3 is 2.73 bits per heavy atom. The minimum atomic E-state index is -0.0991. The Morgan fingerprint density at radius 2 is 2.27 bits per heavy atom. The summed E-state index contributed by atoms with van der Waals surface area (Å²) in [6, 6.07) is -0.0991. The van der Waals surface area contributed by atoms with Gasteiger partial charge in [0, 0.05) is 13.6 Å². The molecule has 0 saturated carbocycles. The number of carbonyl (C=O) groups is 1. The fourth-order valence-electron chi connectivity index (χ4n) is 0.699. The van der Waals surface area contributed by atoms with Crippen molar-refractivity contribution in [3.05, 3.63) is 0 Å². The number of amides is 2. The van der Waals surface area contributed by atoms with Crippen molar-refractivity contribution < 1.29 is 4.79 Å². The molecule has 0 aromatic rings. The molecule has 2 N–H and O–H groups in total. The van der Waals surface area contributed by atoms with E-state index >= 15 is 0 Å². The van der Waals surface area contributed by atoms with E-state index in [1.165, 1.54) is 0 Å². The van der Waals surface area contributed by atoms with Gasteiger partial charge >= 0.3 is 6.03 Å². The van der Waals surface area contributed by atoms with Crippen LogP contribution in [0.15, 0.2) is 0 Å². The van der Waals surface area contributed by atoms with Crippen molar-refractivity contribution in [2.75, 3.05) is 25.6 Å². The summed E-state index contributed by atoms with van der Waals surface area (Å²) < 4.78 is 0. The first kappa shape index (κ1) is 10.6. The summed E-state index contributed by atoms with van der Waals surface area (Å²) in [5.41, 5.74) is 0. The van der Waals surface area contributed by atoms with Gasteiger partial charge in [0.25, 0.3) is 0 Å². The van der Waals surface area contributed by atoms with Crippen LogP contribution in [0, 0.1) is 5.92 Å². The number of carbonyl (C=O) groups excluding carboxylic acids is 1. The lowest BCUT2D eigenvalue weighted by Crippen LogP contribution is -2.35. The number of rotatable bonds is 4. The van der Waals surface area contributed by atoms with Gasteiger partial charge in [-0.3, -0.25) is 0 Å². The zero-order chi connectivity index (χ0) is 8.69. The maximum atomic E-state index is 10.7. The molecular formula is C7H16N2OS. The van der Waals surface area contributed by atoms with Crippen LogP contribution in [0.1, 0.15) is 6.92 Å². The van der Waals surface area contributed by atoms with E-state index in [1.54, 1.807) is 18.8 Å². The lowest BCUT2D eigenvalue weighted by Gasteiger charge is -2.10. The van der Waals surface area contributed by atoms with Gasteiger partial charge in [-0.25, -0.2) is 4.79 Å². The molecule has 0 aliphatic rings. The summed E-state index contributed by atoms with van der Waals surface area (Å²) in [6.07, 6.45) is 2.07. The molecule has 0 bridgehead atoms. The molecule has 0 fully saturated rings. The van der Waals surface area contributed by atoms with Crippen molar-refractivity contribution in [1.82, 2.24) is 10.6 Å². The first-order chi connectivity index (χ1) is 5.20. The van der Waals surface area contributed by atoms with E-state index in [0.29, 0.717) is 5.92 Å². The third-order valence-corrected chi connectivity index (χ3v) is 2.19. The molecule has 0 aliphatic carbocycles. The number of thioether (sulfide) groups is 1. The molecule has 1 unspecified atom stereocenters. The Hall–Kier alpha value is -0.380. The molecule has 11 heavy (non-hydrogen) atoms. The summed E-state index contributed by atoms with van der Waals surface area (Å²) in [4.78, 5) is 10.7. The second-order valence-corrected chi connectivity index (χ2v) is 3.43. The Morgan fingerprint density at radius 1 is 1.64 bits per heavy atom. The van der Waals surface area contributed by atoms with Crippen molar-refractivity contribution in [3.63, 3.8) is 0 Å². The minimum absolute atomic E-state index is 0.0991. The van der Waals surface area contributed by atoms with Crippen molar-refractivity contribution in [2.45, 2.75) is 6.92 Å². The Bertz CT molecular complexity index is 119. The minimum Gasteiger partial charge on any atom is -0.341 e. The van der Waals surface area contributed by atoms with E-state index in [9.17, 15) is 4.79 Å². The standard InChI is InChI=1S/C7H16N2OS/c1-6(5-11-3)4-9-7(10)8-2/h6H,4-5H2,1-3H3,(H2,8,9,10). The molecular weight excluding hydrogens is 160 g/mol. The first-order valence-corrected chi connectivity index (χ1v) is 5.04. The van der Waals surface area contributed by atoms with Crippen LogP contribution in [0.25, 0.3) is 0 Å². The highest BCUT2D eigenvalue weighted by Gasteiger charge is 2.01. The second kappa shape index (κ2) is 6.34. The maximum absolute atomic E-state index is 10.7. The summed E-state index contributed by atoms with van der Waals surface area (Å²) in [7, 11) is 1.62. The SMILES string of the molecule is CNC(=O)NCC(C)CSC. The van der Waals surface area contributed by atoms with Crippen LogP contribution < -0.4 is 10.6 Å². The zero-order valence-electron chi connectivity index (χ0n) is 7.31. The summed E-state index contributed by atoms with van der Waals surface area (Å²) in [5.74, 6) is 1.63. The third-order valence-electron chi connectivity index (χ3n) is 1.29. The van der Waals surface area contributed by atoms with E-state index in [0.717, 1.165) is 12.3 Å². The Kier molecular flexibility index (Phi) is 6.12. The zero-order valence-corrected chi connectivity index (χ0v) is 8.12. The van der Waals surface area contributed by atoms with E-state index < -0.39 is 0 Å². The quantitative estimate of drug-likeness (QED) is 0.668. The van der Waals surface area contributed by atoms with Crippen LogP contribution in [-0.4, -0.2) is 31.6 Å².